The number of amides is 2. The topological polar surface area (TPSA) is 87.2 Å². The van der Waals surface area contributed by atoms with Gasteiger partial charge in [-0.3, -0.25) is 4.79 Å². The van der Waals surface area contributed by atoms with Gasteiger partial charge in [-0.2, -0.15) is 0 Å². The lowest BCUT2D eigenvalue weighted by Crippen LogP contribution is -2.53. The molecule has 0 fully saturated rings. The number of carbonyl (C=O) groups excluding carboxylic acids is 2. The molecule has 32 heavy (non-hydrogen) atoms. The van der Waals surface area contributed by atoms with Gasteiger partial charge in [0.25, 0.3) is 0 Å². The SMILES string of the molecule is CCOC(=O)C(CCc1ccccc1)CN(C)C(=O)N1Cc2ccccc2C[C@H]1C(=O)O. The van der Waals surface area contributed by atoms with Crippen LogP contribution in [0.2, 0.25) is 0 Å². The Labute approximate surface area is 188 Å². The average Bonchev–Trinajstić information content (AvgIpc) is 2.80. The molecule has 1 heterocycles. The van der Waals surface area contributed by atoms with Crippen LogP contribution >= 0.6 is 0 Å². The Bertz CT molecular complexity index is 946. The number of benzene rings is 2. The molecule has 0 saturated heterocycles. The van der Waals surface area contributed by atoms with E-state index in [-0.39, 0.29) is 32.1 Å². The molecule has 1 unspecified atom stereocenters. The van der Waals surface area contributed by atoms with E-state index in [9.17, 15) is 19.5 Å². The normalized spacial score (nSPS) is 16.1. The second-order valence-electron chi connectivity index (χ2n) is 8.09. The number of urea groups is 1. The van der Waals surface area contributed by atoms with Crippen molar-refractivity contribution < 1.29 is 24.2 Å². The Morgan fingerprint density at radius 3 is 2.41 bits per heavy atom. The van der Waals surface area contributed by atoms with E-state index in [4.69, 9.17) is 4.74 Å². The van der Waals surface area contributed by atoms with E-state index in [0.29, 0.717) is 12.8 Å². The zero-order valence-corrected chi connectivity index (χ0v) is 18.6. The number of aliphatic carboxylic acids is 1. The second kappa shape index (κ2) is 10.8. The summed E-state index contributed by atoms with van der Waals surface area (Å²) in [6.45, 7) is 2.41. The van der Waals surface area contributed by atoms with Crippen LogP contribution in [0.1, 0.15) is 30.0 Å². The number of carboxylic acid groups (broad SMARTS) is 1. The first-order chi connectivity index (χ1) is 15.4. The molecule has 1 aliphatic rings. The first-order valence-electron chi connectivity index (χ1n) is 10.9. The maximum Gasteiger partial charge on any atom is 0.326 e. The largest absolute Gasteiger partial charge is 0.480 e. The number of ether oxygens (including phenoxy) is 1. The number of carboxylic acids is 1. The maximum atomic E-state index is 13.2. The molecule has 2 amide bonds. The quantitative estimate of drug-likeness (QED) is 0.639. The standard InChI is InChI=1S/C25H30N2O5/c1-3-32-24(30)21(14-13-18-9-5-4-6-10-18)16-26(2)25(31)27-17-20-12-8-7-11-19(20)15-22(27)23(28)29/h4-12,21-22H,3,13-17H2,1-2H3,(H,28,29)/t21?,22-/m0/s1. The fourth-order valence-corrected chi connectivity index (χ4v) is 4.10. The predicted octanol–water partition coefficient (Wildman–Crippen LogP) is 3.36. The van der Waals surface area contributed by atoms with Gasteiger partial charge in [0, 0.05) is 26.6 Å². The Balaban J connectivity index is 1.72. The van der Waals surface area contributed by atoms with Crippen LogP contribution in [-0.4, -0.2) is 59.1 Å². The zero-order chi connectivity index (χ0) is 23.1. The van der Waals surface area contributed by atoms with E-state index in [1.807, 2.05) is 54.6 Å². The third-order valence-corrected chi connectivity index (χ3v) is 5.84. The van der Waals surface area contributed by atoms with Crippen molar-refractivity contribution >= 4 is 18.0 Å². The Hall–Kier alpha value is -3.35. The fourth-order valence-electron chi connectivity index (χ4n) is 4.10. The molecule has 1 aliphatic heterocycles. The summed E-state index contributed by atoms with van der Waals surface area (Å²) in [6, 6.07) is 16.1. The van der Waals surface area contributed by atoms with Crippen molar-refractivity contribution in [1.82, 2.24) is 9.80 Å². The molecule has 0 saturated carbocycles. The van der Waals surface area contributed by atoms with E-state index >= 15 is 0 Å². The van der Waals surface area contributed by atoms with Crippen molar-refractivity contribution in [2.45, 2.75) is 38.8 Å². The maximum absolute atomic E-state index is 13.2. The van der Waals surface area contributed by atoms with Crippen molar-refractivity contribution in [1.29, 1.82) is 0 Å². The van der Waals surface area contributed by atoms with Crippen LogP contribution in [0.4, 0.5) is 4.79 Å². The minimum absolute atomic E-state index is 0.162. The summed E-state index contributed by atoms with van der Waals surface area (Å²) in [5, 5.41) is 9.73. The van der Waals surface area contributed by atoms with Gasteiger partial charge in [-0.15, -0.1) is 0 Å². The summed E-state index contributed by atoms with van der Waals surface area (Å²) >= 11 is 0. The molecule has 3 rings (SSSR count). The van der Waals surface area contributed by atoms with Crippen LogP contribution in [0.15, 0.2) is 54.6 Å². The average molecular weight is 439 g/mol. The highest BCUT2D eigenvalue weighted by atomic mass is 16.5. The first kappa shape index (κ1) is 23.3. The number of hydrogen-bond donors (Lipinski definition) is 1. The van der Waals surface area contributed by atoms with E-state index < -0.39 is 24.0 Å². The first-order valence-corrected chi connectivity index (χ1v) is 10.9. The van der Waals surface area contributed by atoms with Crippen molar-refractivity contribution in [3.63, 3.8) is 0 Å². The van der Waals surface area contributed by atoms with E-state index in [1.165, 1.54) is 9.80 Å². The van der Waals surface area contributed by atoms with Crippen molar-refractivity contribution in [2.75, 3.05) is 20.2 Å². The van der Waals surface area contributed by atoms with Gasteiger partial charge in [0.15, 0.2) is 0 Å². The number of fused-ring (bicyclic) bond motifs is 1. The number of aryl methyl sites for hydroxylation is 1. The molecule has 2 aromatic rings. The molecule has 2 aromatic carbocycles. The second-order valence-corrected chi connectivity index (χ2v) is 8.09. The van der Waals surface area contributed by atoms with Gasteiger partial charge in [-0.25, -0.2) is 9.59 Å². The van der Waals surface area contributed by atoms with Crippen LogP contribution in [0.5, 0.6) is 0 Å². The molecule has 2 atom stereocenters. The van der Waals surface area contributed by atoms with Gasteiger partial charge in [0.2, 0.25) is 0 Å². The van der Waals surface area contributed by atoms with Gasteiger partial charge in [-0.1, -0.05) is 54.6 Å². The summed E-state index contributed by atoms with van der Waals surface area (Å²) in [6.07, 6.45) is 1.48. The predicted molar refractivity (Wildman–Crippen MR) is 120 cm³/mol. The third kappa shape index (κ3) is 5.66. The van der Waals surface area contributed by atoms with Crippen LogP contribution in [0.3, 0.4) is 0 Å². The summed E-state index contributed by atoms with van der Waals surface area (Å²) in [7, 11) is 1.61. The van der Waals surface area contributed by atoms with Crippen LogP contribution in [-0.2, 0) is 33.7 Å². The molecular formula is C25H30N2O5. The van der Waals surface area contributed by atoms with Crippen LogP contribution in [0, 0.1) is 5.92 Å². The Morgan fingerprint density at radius 1 is 1.09 bits per heavy atom. The Kier molecular flexibility index (Phi) is 7.87. The van der Waals surface area contributed by atoms with E-state index in [2.05, 4.69) is 0 Å². The van der Waals surface area contributed by atoms with Gasteiger partial charge in [-0.05, 0) is 36.5 Å². The molecule has 0 bridgehead atoms. The molecule has 1 N–H and O–H groups in total. The van der Waals surface area contributed by atoms with Crippen LogP contribution < -0.4 is 0 Å². The molecule has 0 aromatic heterocycles. The molecule has 170 valence electrons. The molecular weight excluding hydrogens is 408 g/mol. The highest BCUT2D eigenvalue weighted by Gasteiger charge is 2.36. The van der Waals surface area contributed by atoms with Crippen molar-refractivity contribution in [3.8, 4) is 0 Å². The zero-order valence-electron chi connectivity index (χ0n) is 18.6. The lowest BCUT2D eigenvalue weighted by Gasteiger charge is -2.37. The third-order valence-electron chi connectivity index (χ3n) is 5.84. The molecule has 0 aliphatic carbocycles. The smallest absolute Gasteiger partial charge is 0.326 e. The monoisotopic (exact) mass is 438 g/mol. The number of esters is 1. The minimum atomic E-state index is -1.03. The van der Waals surface area contributed by atoms with Gasteiger partial charge < -0.3 is 19.6 Å². The van der Waals surface area contributed by atoms with Gasteiger partial charge in [0.05, 0.1) is 12.5 Å². The number of nitrogens with zero attached hydrogens (tertiary/aromatic N) is 2. The molecule has 0 radical (unpaired) electrons. The molecule has 7 heteroatoms. The number of rotatable bonds is 8. The summed E-state index contributed by atoms with van der Waals surface area (Å²) in [4.78, 5) is 40.5. The fraction of sp³-hybridized carbons (Fsp3) is 0.400. The summed E-state index contributed by atoms with van der Waals surface area (Å²) < 4.78 is 5.24. The Morgan fingerprint density at radius 2 is 1.75 bits per heavy atom. The van der Waals surface area contributed by atoms with Gasteiger partial charge in [0.1, 0.15) is 6.04 Å². The lowest BCUT2D eigenvalue weighted by molar-refractivity contribution is -0.149. The summed E-state index contributed by atoms with van der Waals surface area (Å²) in [5.41, 5.74) is 2.99. The van der Waals surface area contributed by atoms with E-state index in [1.54, 1.807) is 14.0 Å². The van der Waals surface area contributed by atoms with E-state index in [0.717, 1.165) is 16.7 Å². The van der Waals surface area contributed by atoms with Gasteiger partial charge >= 0.3 is 18.0 Å². The highest BCUT2D eigenvalue weighted by Crippen LogP contribution is 2.25. The van der Waals surface area contributed by atoms with Crippen molar-refractivity contribution in [2.24, 2.45) is 5.92 Å². The highest BCUT2D eigenvalue weighted by molar-refractivity contribution is 5.84. The van der Waals surface area contributed by atoms with Crippen molar-refractivity contribution in [3.05, 3.63) is 71.3 Å². The molecule has 7 nitrogen and oxygen atoms in total. The molecule has 0 spiro atoms. The van der Waals surface area contributed by atoms with Crippen LogP contribution in [0.25, 0.3) is 0 Å². The summed E-state index contributed by atoms with van der Waals surface area (Å²) in [5.74, 6) is -1.88. The number of hydrogen-bond acceptors (Lipinski definition) is 4. The lowest BCUT2D eigenvalue weighted by atomic mass is 9.94. The number of carbonyl (C=O) groups is 3. The minimum Gasteiger partial charge on any atom is -0.480 e.